The molecule has 9 nitrogen and oxygen atoms in total. The number of halogens is 1. The molecule has 3 aromatic rings. The summed E-state index contributed by atoms with van der Waals surface area (Å²) >= 11 is 6.11. The van der Waals surface area contributed by atoms with Gasteiger partial charge in [-0.05, 0) is 48.9 Å². The van der Waals surface area contributed by atoms with E-state index in [1.165, 1.54) is 16.0 Å². The van der Waals surface area contributed by atoms with Crippen LogP contribution < -0.4 is 4.74 Å². The Morgan fingerprint density at radius 3 is 2.59 bits per heavy atom. The Hall–Kier alpha value is -3.59. The van der Waals surface area contributed by atoms with Gasteiger partial charge >= 0.3 is 5.97 Å². The van der Waals surface area contributed by atoms with Crippen molar-refractivity contribution in [2.75, 3.05) is 13.7 Å². The average molecular weight is 457 g/mol. The van der Waals surface area contributed by atoms with Crippen LogP contribution in [0.1, 0.15) is 39.8 Å². The molecule has 1 unspecified atom stereocenters. The fourth-order valence-corrected chi connectivity index (χ4v) is 3.78. The first-order chi connectivity index (χ1) is 15.4. The summed E-state index contributed by atoms with van der Waals surface area (Å²) in [6.45, 7) is 1.14. The minimum Gasteiger partial charge on any atom is -0.497 e. The van der Waals surface area contributed by atoms with Gasteiger partial charge in [-0.25, -0.2) is 9.80 Å². The van der Waals surface area contributed by atoms with Gasteiger partial charge in [-0.2, -0.15) is 10.2 Å². The molecule has 0 bridgehead atoms. The fraction of sp³-hybridized carbons (Fsp3) is 0.273. The highest BCUT2D eigenvalue weighted by atomic mass is 35.5. The molecule has 1 aliphatic rings. The second-order valence-corrected chi connectivity index (χ2v) is 7.56. The van der Waals surface area contributed by atoms with Crippen molar-refractivity contribution in [1.82, 2.24) is 14.8 Å². The monoisotopic (exact) mass is 456 g/mol. The zero-order valence-corrected chi connectivity index (χ0v) is 18.5. The number of esters is 1. The number of nitrogens with zero attached hydrogens (tertiary/aromatic N) is 4. The number of carbonyl (C=O) groups excluding carboxylic acids is 2. The predicted molar refractivity (Wildman–Crippen MR) is 116 cm³/mol. The Morgan fingerprint density at radius 1 is 1.25 bits per heavy atom. The molecule has 10 heteroatoms. The molecule has 1 atom stereocenters. The van der Waals surface area contributed by atoms with Gasteiger partial charge in [-0.1, -0.05) is 11.6 Å². The number of ether oxygens (including phenoxy) is 2. The van der Waals surface area contributed by atoms with E-state index in [1.54, 1.807) is 33.2 Å². The molecule has 0 fully saturated rings. The third-order valence-electron chi connectivity index (χ3n) is 5.14. The second kappa shape index (κ2) is 8.88. The summed E-state index contributed by atoms with van der Waals surface area (Å²) in [5, 5.41) is 10.0. The first kappa shape index (κ1) is 21.6. The number of furan rings is 1. The summed E-state index contributed by atoms with van der Waals surface area (Å²) in [4.78, 5) is 25.4. The van der Waals surface area contributed by atoms with Crippen molar-refractivity contribution < 1.29 is 23.5 Å². The highest BCUT2D eigenvalue weighted by Crippen LogP contribution is 2.33. The molecule has 1 amide bonds. The quantitative estimate of drug-likeness (QED) is 0.526. The molecule has 2 aromatic heterocycles. The molecule has 0 spiro atoms. The number of carbonyl (C=O) groups is 2. The highest BCUT2D eigenvalue weighted by Gasteiger charge is 2.35. The molecular formula is C22H21ClN4O5. The minimum absolute atomic E-state index is 0.133. The molecule has 0 saturated heterocycles. The van der Waals surface area contributed by atoms with Gasteiger partial charge in [0, 0.05) is 13.5 Å². The fourth-order valence-electron chi connectivity index (χ4n) is 3.53. The Labute approximate surface area is 189 Å². The van der Waals surface area contributed by atoms with Crippen molar-refractivity contribution in [3.05, 3.63) is 70.4 Å². The van der Waals surface area contributed by atoms with Gasteiger partial charge in [-0.3, -0.25) is 9.48 Å². The first-order valence-corrected chi connectivity index (χ1v) is 10.2. The largest absolute Gasteiger partial charge is 0.497 e. The number of amides is 1. The third kappa shape index (κ3) is 4.11. The second-order valence-electron chi connectivity index (χ2n) is 7.20. The van der Waals surface area contributed by atoms with Crippen LogP contribution in [0.5, 0.6) is 5.75 Å². The summed E-state index contributed by atoms with van der Waals surface area (Å²) < 4.78 is 17.3. The SMILES string of the molecule is COc1ccc(C2=NN(C(=O)COC(=O)c3c(C)nn(C)c3Cl)C(c3ccco3)C2)cc1. The van der Waals surface area contributed by atoms with Crippen molar-refractivity contribution in [2.24, 2.45) is 12.1 Å². The number of aryl methyl sites for hydroxylation is 2. The van der Waals surface area contributed by atoms with Crippen LogP contribution in [0.3, 0.4) is 0 Å². The molecule has 3 heterocycles. The Balaban J connectivity index is 1.53. The number of aromatic nitrogens is 2. The normalized spacial score (nSPS) is 15.6. The lowest BCUT2D eigenvalue weighted by molar-refractivity contribution is -0.136. The van der Waals surface area contributed by atoms with Crippen molar-refractivity contribution >= 4 is 29.2 Å². The highest BCUT2D eigenvalue weighted by molar-refractivity contribution is 6.32. The van der Waals surface area contributed by atoms with E-state index in [4.69, 9.17) is 25.5 Å². The number of benzene rings is 1. The molecule has 0 aliphatic carbocycles. The lowest BCUT2D eigenvalue weighted by Gasteiger charge is -2.19. The van der Waals surface area contributed by atoms with E-state index in [0.717, 1.165) is 11.3 Å². The van der Waals surface area contributed by atoms with Gasteiger partial charge in [0.25, 0.3) is 5.91 Å². The number of hydrazone groups is 1. The van der Waals surface area contributed by atoms with Crippen LogP contribution in [0.2, 0.25) is 5.15 Å². The molecule has 32 heavy (non-hydrogen) atoms. The lowest BCUT2D eigenvalue weighted by Crippen LogP contribution is -2.31. The summed E-state index contributed by atoms with van der Waals surface area (Å²) in [6, 6.07) is 10.5. The Kier molecular flexibility index (Phi) is 6.00. The molecular weight excluding hydrogens is 436 g/mol. The molecule has 0 radical (unpaired) electrons. The van der Waals surface area contributed by atoms with Crippen LogP contribution in [0.15, 0.2) is 52.2 Å². The van der Waals surface area contributed by atoms with E-state index >= 15 is 0 Å². The summed E-state index contributed by atoms with van der Waals surface area (Å²) in [7, 11) is 3.21. The van der Waals surface area contributed by atoms with E-state index in [1.807, 2.05) is 24.3 Å². The number of hydrogen-bond acceptors (Lipinski definition) is 7. The number of hydrogen-bond donors (Lipinski definition) is 0. The van der Waals surface area contributed by atoms with Crippen molar-refractivity contribution in [2.45, 2.75) is 19.4 Å². The Morgan fingerprint density at radius 2 is 2.00 bits per heavy atom. The number of methoxy groups -OCH3 is 1. The Bertz CT molecular complexity index is 1170. The smallest absolute Gasteiger partial charge is 0.343 e. The maximum absolute atomic E-state index is 13.0. The molecule has 0 saturated carbocycles. The van der Waals surface area contributed by atoms with Crippen molar-refractivity contribution in [3.63, 3.8) is 0 Å². The summed E-state index contributed by atoms with van der Waals surface area (Å²) in [5.74, 6) is 0.102. The zero-order valence-electron chi connectivity index (χ0n) is 17.7. The van der Waals surface area contributed by atoms with Crippen molar-refractivity contribution in [1.29, 1.82) is 0 Å². The maximum atomic E-state index is 13.0. The van der Waals surface area contributed by atoms with Crippen molar-refractivity contribution in [3.8, 4) is 5.75 Å². The molecule has 4 rings (SSSR count). The minimum atomic E-state index is -0.720. The standard InChI is InChI=1S/C22H21ClN4O5/c1-13-20(21(23)26(2)24-13)22(29)32-12-19(28)27-17(18-5-4-10-31-18)11-16(25-27)14-6-8-15(30-3)9-7-14/h4-10,17H,11-12H2,1-3H3. The average Bonchev–Trinajstić information content (AvgIpc) is 3.52. The summed E-state index contributed by atoms with van der Waals surface area (Å²) in [5.41, 5.74) is 2.12. The van der Waals surface area contributed by atoms with Gasteiger partial charge in [0.1, 0.15) is 28.3 Å². The van der Waals surface area contributed by atoms with Gasteiger partial charge in [0.2, 0.25) is 0 Å². The van der Waals surface area contributed by atoms with E-state index in [0.29, 0.717) is 23.6 Å². The zero-order chi connectivity index (χ0) is 22.8. The van der Waals surface area contributed by atoms with Gasteiger partial charge in [0.15, 0.2) is 6.61 Å². The van der Waals surface area contributed by atoms with Gasteiger partial charge < -0.3 is 13.9 Å². The molecule has 166 valence electrons. The van der Waals surface area contributed by atoms with Crippen LogP contribution in [-0.4, -0.2) is 46.1 Å². The molecule has 0 N–H and O–H groups in total. The predicted octanol–water partition coefficient (Wildman–Crippen LogP) is 3.52. The van der Waals surface area contributed by atoms with E-state index < -0.39 is 24.5 Å². The van der Waals surface area contributed by atoms with E-state index in [9.17, 15) is 9.59 Å². The van der Waals surface area contributed by atoms with Crippen LogP contribution in [0, 0.1) is 6.92 Å². The molecule has 1 aromatic carbocycles. The number of rotatable bonds is 6. The first-order valence-electron chi connectivity index (χ1n) is 9.82. The van der Waals surface area contributed by atoms with E-state index in [2.05, 4.69) is 10.2 Å². The maximum Gasteiger partial charge on any atom is 0.343 e. The topological polar surface area (TPSA) is 99.2 Å². The van der Waals surface area contributed by atoms with Crippen LogP contribution in [0.4, 0.5) is 0 Å². The van der Waals surface area contributed by atoms with E-state index in [-0.39, 0.29) is 10.7 Å². The lowest BCUT2D eigenvalue weighted by atomic mass is 10.0. The summed E-state index contributed by atoms with van der Waals surface area (Å²) in [6.07, 6.45) is 1.99. The third-order valence-corrected chi connectivity index (χ3v) is 5.58. The van der Waals surface area contributed by atoms with Crippen LogP contribution in [0.25, 0.3) is 0 Å². The van der Waals surface area contributed by atoms with Crippen LogP contribution in [-0.2, 0) is 16.6 Å². The molecule has 1 aliphatic heterocycles. The van der Waals surface area contributed by atoms with Gasteiger partial charge in [0.05, 0.1) is 24.8 Å². The van der Waals surface area contributed by atoms with Crippen LogP contribution >= 0.6 is 11.6 Å². The van der Waals surface area contributed by atoms with Gasteiger partial charge in [-0.15, -0.1) is 0 Å².